The van der Waals surface area contributed by atoms with Crippen LogP contribution in [0.2, 0.25) is 0 Å². The largest absolute Gasteiger partial charge is 0.456 e. The van der Waals surface area contributed by atoms with E-state index in [1.807, 2.05) is 18.2 Å². The normalized spacial score (nSPS) is 15.6. The predicted octanol–water partition coefficient (Wildman–Crippen LogP) is 12.9. The van der Waals surface area contributed by atoms with E-state index in [0.29, 0.717) is 0 Å². The molecule has 2 unspecified atom stereocenters. The van der Waals surface area contributed by atoms with Crippen molar-refractivity contribution in [1.82, 2.24) is 5.32 Å². The lowest BCUT2D eigenvalue weighted by atomic mass is 9.92. The Morgan fingerprint density at radius 2 is 1.15 bits per heavy atom. The molecular formula is C48H33N3O2. The molecule has 0 saturated carbocycles. The Balaban J connectivity index is 1.14. The van der Waals surface area contributed by atoms with Crippen LogP contribution in [0.4, 0.5) is 22.7 Å². The molecule has 11 rings (SSSR count). The fourth-order valence-corrected chi connectivity index (χ4v) is 8.28. The molecule has 0 aliphatic carbocycles. The molecule has 2 atom stereocenters. The summed E-state index contributed by atoms with van der Waals surface area (Å²) in [6, 6.07) is 62.0. The van der Waals surface area contributed by atoms with E-state index < -0.39 is 0 Å². The van der Waals surface area contributed by atoms with Crippen LogP contribution in [0.5, 0.6) is 0 Å². The van der Waals surface area contributed by atoms with E-state index in [4.69, 9.17) is 8.83 Å². The van der Waals surface area contributed by atoms with Crippen LogP contribution in [-0.2, 0) is 0 Å². The van der Waals surface area contributed by atoms with Crippen molar-refractivity contribution in [1.29, 1.82) is 0 Å². The van der Waals surface area contributed by atoms with Crippen molar-refractivity contribution in [2.24, 2.45) is 0 Å². The molecule has 3 heterocycles. The predicted molar refractivity (Wildman–Crippen MR) is 217 cm³/mol. The maximum absolute atomic E-state index is 6.92. The summed E-state index contributed by atoms with van der Waals surface area (Å²) in [5.41, 5.74) is 11.0. The minimum atomic E-state index is -0.186. The van der Waals surface area contributed by atoms with E-state index in [9.17, 15) is 0 Å². The molecule has 53 heavy (non-hydrogen) atoms. The summed E-state index contributed by atoms with van der Waals surface area (Å²) in [5.74, 6) is 0. The minimum absolute atomic E-state index is 0.0103. The van der Waals surface area contributed by atoms with Gasteiger partial charge in [0, 0.05) is 44.5 Å². The number of nitrogens with zero attached hydrogens (tertiary/aromatic N) is 1. The van der Waals surface area contributed by atoms with Gasteiger partial charge in [0.25, 0.3) is 0 Å². The van der Waals surface area contributed by atoms with Gasteiger partial charge in [0.2, 0.25) is 0 Å². The van der Waals surface area contributed by atoms with Crippen LogP contribution in [-0.4, -0.2) is 0 Å². The van der Waals surface area contributed by atoms with Gasteiger partial charge >= 0.3 is 0 Å². The molecule has 0 radical (unpaired) electrons. The Morgan fingerprint density at radius 1 is 0.472 bits per heavy atom. The molecule has 1 aliphatic heterocycles. The second kappa shape index (κ2) is 11.9. The fourth-order valence-electron chi connectivity index (χ4n) is 8.28. The number of furan rings is 2. The Labute approximate surface area is 305 Å². The number of nitrogens with one attached hydrogen (secondary N) is 2. The molecule has 0 saturated heterocycles. The second-order valence-electron chi connectivity index (χ2n) is 13.8. The Hall–Kier alpha value is -6.82. The SMILES string of the molecule is c1ccc(C2NC(c3ccc(N(c4ccc5ccccc5c4)c4ccc5c(c4)oc4ccccc45)c4oc5ccccc5c34)Nc3ccccc32)cc1. The number of benzene rings is 8. The first-order valence-corrected chi connectivity index (χ1v) is 18.1. The highest BCUT2D eigenvalue weighted by molar-refractivity contribution is 6.13. The van der Waals surface area contributed by atoms with Gasteiger partial charge in [0.15, 0.2) is 5.58 Å². The maximum Gasteiger partial charge on any atom is 0.159 e. The molecule has 0 fully saturated rings. The molecule has 5 heteroatoms. The molecule has 10 aromatic rings. The van der Waals surface area contributed by atoms with Gasteiger partial charge in [0.1, 0.15) is 22.9 Å². The minimum Gasteiger partial charge on any atom is -0.456 e. The zero-order chi connectivity index (χ0) is 34.9. The van der Waals surface area contributed by atoms with Crippen LogP contribution in [0.1, 0.15) is 28.9 Å². The summed E-state index contributed by atoms with van der Waals surface area (Å²) in [5, 5.41) is 14.5. The van der Waals surface area contributed by atoms with Crippen LogP contribution in [0.15, 0.2) is 185 Å². The average Bonchev–Trinajstić information content (AvgIpc) is 3.80. The van der Waals surface area contributed by atoms with Gasteiger partial charge in [-0.2, -0.15) is 0 Å². The highest BCUT2D eigenvalue weighted by atomic mass is 16.3. The van der Waals surface area contributed by atoms with Crippen LogP contribution < -0.4 is 15.5 Å². The van der Waals surface area contributed by atoms with Crippen molar-refractivity contribution < 1.29 is 8.83 Å². The van der Waals surface area contributed by atoms with Gasteiger partial charge < -0.3 is 19.1 Å². The van der Waals surface area contributed by atoms with Crippen molar-refractivity contribution in [2.45, 2.75) is 12.2 Å². The lowest BCUT2D eigenvalue weighted by Gasteiger charge is -2.36. The fraction of sp³-hybridized carbons (Fsp3) is 0.0417. The standard InChI is InChI=1S/C48H33N3O2/c1-2-13-31(14-3-1)46-37-17-6-9-19-40(37)49-48(50-46)39-26-27-41(47-45(39)38-18-8-11-21-43(38)53-47)51(33-23-22-30-12-4-5-15-32(30)28-33)34-24-25-36-35-16-7-10-20-42(35)52-44(36)29-34/h1-29,46,48-50H. The Bertz CT molecular complexity index is 3000. The Kier molecular flexibility index (Phi) is 6.69. The number of hydrogen-bond donors (Lipinski definition) is 2. The van der Waals surface area contributed by atoms with E-state index >= 15 is 0 Å². The Morgan fingerprint density at radius 3 is 2.04 bits per heavy atom. The highest BCUT2D eigenvalue weighted by Crippen LogP contribution is 2.47. The number of hydrogen-bond acceptors (Lipinski definition) is 5. The molecule has 0 spiro atoms. The second-order valence-corrected chi connectivity index (χ2v) is 13.8. The molecule has 1 aliphatic rings. The zero-order valence-corrected chi connectivity index (χ0v) is 28.7. The third-order valence-corrected chi connectivity index (χ3v) is 10.7. The lowest BCUT2D eigenvalue weighted by molar-refractivity contribution is 0.508. The number of fused-ring (bicyclic) bond motifs is 8. The van der Waals surface area contributed by atoms with Crippen LogP contribution in [0.25, 0.3) is 54.6 Å². The summed E-state index contributed by atoms with van der Waals surface area (Å²) in [7, 11) is 0. The lowest BCUT2D eigenvalue weighted by Crippen LogP contribution is -2.37. The molecule has 2 aromatic heterocycles. The van der Waals surface area contributed by atoms with Gasteiger partial charge in [-0.1, -0.05) is 121 Å². The molecule has 8 aromatic carbocycles. The quantitative estimate of drug-likeness (QED) is 0.189. The number of anilines is 4. The first-order valence-electron chi connectivity index (χ1n) is 18.1. The molecule has 2 N–H and O–H groups in total. The van der Waals surface area contributed by atoms with Gasteiger partial charge in [-0.15, -0.1) is 0 Å². The van der Waals surface area contributed by atoms with Crippen molar-refractivity contribution >= 4 is 77.4 Å². The third-order valence-electron chi connectivity index (χ3n) is 10.7. The van der Waals surface area contributed by atoms with E-state index in [1.165, 1.54) is 21.9 Å². The summed E-state index contributed by atoms with van der Waals surface area (Å²) in [6.07, 6.45) is -0.186. The van der Waals surface area contributed by atoms with E-state index in [-0.39, 0.29) is 12.2 Å². The molecule has 5 nitrogen and oxygen atoms in total. The average molecular weight is 684 g/mol. The van der Waals surface area contributed by atoms with Gasteiger partial charge in [-0.25, -0.2) is 0 Å². The zero-order valence-electron chi connectivity index (χ0n) is 28.7. The number of para-hydroxylation sites is 3. The topological polar surface area (TPSA) is 53.6 Å². The molecule has 0 amide bonds. The first-order chi connectivity index (χ1) is 26.3. The monoisotopic (exact) mass is 683 g/mol. The summed E-state index contributed by atoms with van der Waals surface area (Å²) in [6.45, 7) is 0. The maximum atomic E-state index is 6.92. The number of rotatable bonds is 5. The summed E-state index contributed by atoms with van der Waals surface area (Å²) < 4.78 is 13.4. The van der Waals surface area contributed by atoms with Gasteiger partial charge in [0.05, 0.1) is 17.4 Å². The van der Waals surface area contributed by atoms with E-state index in [1.54, 1.807) is 0 Å². The van der Waals surface area contributed by atoms with E-state index in [2.05, 4.69) is 173 Å². The molecule has 252 valence electrons. The third kappa shape index (κ3) is 4.82. The van der Waals surface area contributed by atoms with Gasteiger partial charge in [-0.3, -0.25) is 5.32 Å². The summed E-state index contributed by atoms with van der Waals surface area (Å²) in [4.78, 5) is 2.30. The van der Waals surface area contributed by atoms with Crippen LogP contribution in [0.3, 0.4) is 0 Å². The van der Waals surface area contributed by atoms with Crippen LogP contribution >= 0.6 is 0 Å². The van der Waals surface area contributed by atoms with Crippen molar-refractivity contribution in [2.75, 3.05) is 10.2 Å². The highest BCUT2D eigenvalue weighted by Gasteiger charge is 2.31. The van der Waals surface area contributed by atoms with Crippen LogP contribution in [0, 0.1) is 0 Å². The van der Waals surface area contributed by atoms with Crippen molar-refractivity contribution in [3.63, 3.8) is 0 Å². The van der Waals surface area contributed by atoms with Gasteiger partial charge in [-0.05, 0) is 70.4 Å². The first kappa shape index (κ1) is 29.9. The van der Waals surface area contributed by atoms with Crippen molar-refractivity contribution in [3.8, 4) is 0 Å². The molecular weight excluding hydrogens is 651 g/mol. The van der Waals surface area contributed by atoms with Crippen molar-refractivity contribution in [3.05, 3.63) is 193 Å². The van der Waals surface area contributed by atoms with E-state index in [0.717, 1.165) is 72.2 Å². The smallest absolute Gasteiger partial charge is 0.159 e. The molecule has 0 bridgehead atoms. The summed E-state index contributed by atoms with van der Waals surface area (Å²) >= 11 is 0.